The third kappa shape index (κ3) is 3.91. The van der Waals surface area contributed by atoms with Crippen molar-refractivity contribution in [1.29, 1.82) is 0 Å². The minimum Gasteiger partial charge on any atom is -0.395 e. The van der Waals surface area contributed by atoms with Crippen molar-refractivity contribution in [1.82, 2.24) is 15.1 Å². The summed E-state index contributed by atoms with van der Waals surface area (Å²) in [6.45, 7) is 2.69. The van der Waals surface area contributed by atoms with Crippen molar-refractivity contribution < 1.29 is 15.0 Å². The molecule has 0 unspecified atom stereocenters. The van der Waals surface area contributed by atoms with E-state index in [1.807, 2.05) is 6.92 Å². The SMILES string of the molecule is CCNc1nnc(C(=O)N(CCO)CCO)s1. The fourth-order valence-corrected chi connectivity index (χ4v) is 2.00. The van der Waals surface area contributed by atoms with E-state index in [9.17, 15) is 4.79 Å². The fraction of sp³-hybridized carbons (Fsp3) is 0.667. The molecule has 1 aromatic heterocycles. The first kappa shape index (κ1) is 13.8. The number of anilines is 1. The lowest BCUT2D eigenvalue weighted by Crippen LogP contribution is -2.35. The number of hydrogen-bond donors (Lipinski definition) is 3. The van der Waals surface area contributed by atoms with Crippen molar-refractivity contribution in [2.75, 3.05) is 38.2 Å². The Morgan fingerprint density at radius 2 is 2.00 bits per heavy atom. The first-order valence-electron chi connectivity index (χ1n) is 5.31. The van der Waals surface area contributed by atoms with Crippen LogP contribution in [0.1, 0.15) is 16.7 Å². The zero-order valence-corrected chi connectivity index (χ0v) is 10.4. The molecule has 7 nitrogen and oxygen atoms in total. The molecule has 3 N–H and O–H groups in total. The Morgan fingerprint density at radius 1 is 1.35 bits per heavy atom. The van der Waals surface area contributed by atoms with Crippen LogP contribution >= 0.6 is 11.3 Å². The summed E-state index contributed by atoms with van der Waals surface area (Å²) in [6.07, 6.45) is 0. The number of amides is 1. The van der Waals surface area contributed by atoms with Crippen LogP contribution < -0.4 is 5.32 Å². The molecular formula is C9H16N4O3S. The Hall–Kier alpha value is -1.25. The lowest BCUT2D eigenvalue weighted by molar-refractivity contribution is 0.0683. The molecule has 0 aliphatic carbocycles. The van der Waals surface area contributed by atoms with Gasteiger partial charge in [-0.3, -0.25) is 4.79 Å². The van der Waals surface area contributed by atoms with Gasteiger partial charge in [0.1, 0.15) is 0 Å². The van der Waals surface area contributed by atoms with E-state index in [4.69, 9.17) is 10.2 Å². The molecule has 0 fully saturated rings. The maximum atomic E-state index is 11.9. The first-order valence-corrected chi connectivity index (χ1v) is 6.13. The van der Waals surface area contributed by atoms with Gasteiger partial charge in [-0.25, -0.2) is 0 Å². The molecule has 0 aliphatic heterocycles. The zero-order valence-electron chi connectivity index (χ0n) is 9.59. The predicted molar refractivity (Wildman–Crippen MR) is 64.1 cm³/mol. The number of nitrogens with one attached hydrogen (secondary N) is 1. The normalized spacial score (nSPS) is 10.3. The third-order valence-corrected chi connectivity index (χ3v) is 2.83. The Labute approximate surface area is 103 Å². The number of carbonyl (C=O) groups is 1. The highest BCUT2D eigenvalue weighted by atomic mass is 32.1. The summed E-state index contributed by atoms with van der Waals surface area (Å²) in [5, 5.41) is 29.0. The van der Waals surface area contributed by atoms with E-state index in [0.29, 0.717) is 11.7 Å². The minimum absolute atomic E-state index is 0.148. The lowest BCUT2D eigenvalue weighted by atomic mass is 10.4. The van der Waals surface area contributed by atoms with E-state index in [-0.39, 0.29) is 37.2 Å². The molecule has 0 bridgehead atoms. The summed E-state index contributed by atoms with van der Waals surface area (Å²) in [5.41, 5.74) is 0. The van der Waals surface area contributed by atoms with Gasteiger partial charge in [-0.2, -0.15) is 0 Å². The third-order valence-electron chi connectivity index (χ3n) is 1.96. The average Bonchev–Trinajstić information content (AvgIpc) is 2.77. The van der Waals surface area contributed by atoms with Crippen LogP contribution in [0, 0.1) is 0 Å². The maximum Gasteiger partial charge on any atom is 0.285 e. The second-order valence-corrected chi connectivity index (χ2v) is 4.16. The maximum absolute atomic E-state index is 11.9. The Morgan fingerprint density at radius 3 is 2.53 bits per heavy atom. The van der Waals surface area contributed by atoms with Crippen molar-refractivity contribution in [3.63, 3.8) is 0 Å². The van der Waals surface area contributed by atoms with Gasteiger partial charge in [-0.15, -0.1) is 10.2 Å². The molecule has 96 valence electrons. The number of nitrogens with zero attached hydrogens (tertiary/aromatic N) is 3. The van der Waals surface area contributed by atoms with Crippen LogP contribution in [-0.4, -0.2) is 64.1 Å². The Bertz CT molecular complexity index is 352. The number of aromatic nitrogens is 2. The van der Waals surface area contributed by atoms with Gasteiger partial charge in [0.05, 0.1) is 13.2 Å². The smallest absolute Gasteiger partial charge is 0.285 e. The molecule has 0 aliphatic rings. The Balaban J connectivity index is 2.70. The molecule has 1 rings (SSSR count). The van der Waals surface area contributed by atoms with Crippen molar-refractivity contribution in [3.8, 4) is 0 Å². The Kier molecular flexibility index (Phi) is 5.81. The van der Waals surface area contributed by atoms with E-state index in [1.165, 1.54) is 4.90 Å². The van der Waals surface area contributed by atoms with Crippen LogP contribution in [-0.2, 0) is 0 Å². The average molecular weight is 260 g/mol. The van der Waals surface area contributed by atoms with Gasteiger partial charge in [0.2, 0.25) is 10.1 Å². The molecular weight excluding hydrogens is 244 g/mol. The fourth-order valence-electron chi connectivity index (χ4n) is 1.22. The number of carbonyl (C=O) groups excluding carboxylic acids is 1. The highest BCUT2D eigenvalue weighted by Gasteiger charge is 2.19. The van der Waals surface area contributed by atoms with Gasteiger partial charge in [0.15, 0.2) is 0 Å². The zero-order chi connectivity index (χ0) is 12.7. The number of hydrogen-bond acceptors (Lipinski definition) is 7. The molecule has 17 heavy (non-hydrogen) atoms. The van der Waals surface area contributed by atoms with E-state index < -0.39 is 0 Å². The summed E-state index contributed by atoms with van der Waals surface area (Å²) in [7, 11) is 0. The molecule has 0 saturated heterocycles. The molecule has 0 saturated carbocycles. The summed E-state index contributed by atoms with van der Waals surface area (Å²) < 4.78 is 0. The summed E-state index contributed by atoms with van der Waals surface area (Å²) >= 11 is 1.16. The molecule has 1 aromatic rings. The van der Waals surface area contributed by atoms with Crippen LogP contribution in [0.15, 0.2) is 0 Å². The minimum atomic E-state index is -0.324. The van der Waals surface area contributed by atoms with Crippen molar-refractivity contribution in [2.24, 2.45) is 0 Å². The lowest BCUT2D eigenvalue weighted by Gasteiger charge is -2.18. The van der Waals surface area contributed by atoms with Gasteiger partial charge in [-0.1, -0.05) is 11.3 Å². The predicted octanol–water partition coefficient (Wildman–Crippen LogP) is -0.603. The highest BCUT2D eigenvalue weighted by Crippen LogP contribution is 2.16. The van der Waals surface area contributed by atoms with Crippen LogP contribution in [0.5, 0.6) is 0 Å². The number of rotatable bonds is 7. The summed E-state index contributed by atoms with van der Waals surface area (Å²) in [5.74, 6) is -0.324. The first-order chi connectivity index (χ1) is 8.22. The van der Waals surface area contributed by atoms with E-state index in [0.717, 1.165) is 11.3 Å². The number of aliphatic hydroxyl groups excluding tert-OH is 2. The van der Waals surface area contributed by atoms with Crippen LogP contribution in [0.2, 0.25) is 0 Å². The van der Waals surface area contributed by atoms with Crippen molar-refractivity contribution in [3.05, 3.63) is 5.01 Å². The monoisotopic (exact) mass is 260 g/mol. The van der Waals surface area contributed by atoms with Gasteiger partial charge in [-0.05, 0) is 6.92 Å². The van der Waals surface area contributed by atoms with Crippen LogP contribution in [0.4, 0.5) is 5.13 Å². The number of aliphatic hydroxyl groups is 2. The van der Waals surface area contributed by atoms with Gasteiger partial charge in [0, 0.05) is 19.6 Å². The molecule has 8 heteroatoms. The molecule has 0 radical (unpaired) electrons. The quantitative estimate of drug-likeness (QED) is 0.605. The topological polar surface area (TPSA) is 98.6 Å². The van der Waals surface area contributed by atoms with Crippen LogP contribution in [0.3, 0.4) is 0 Å². The molecule has 1 heterocycles. The van der Waals surface area contributed by atoms with Crippen molar-refractivity contribution in [2.45, 2.75) is 6.92 Å². The summed E-state index contributed by atoms with van der Waals surface area (Å²) in [6, 6.07) is 0. The van der Waals surface area contributed by atoms with Gasteiger partial charge < -0.3 is 20.4 Å². The standard InChI is InChI=1S/C9H16N4O3S/c1-2-10-9-12-11-7(17-9)8(16)13(3-5-14)4-6-15/h14-15H,2-6H2,1H3,(H,10,12). The largest absolute Gasteiger partial charge is 0.395 e. The van der Waals surface area contributed by atoms with Gasteiger partial charge >= 0.3 is 0 Å². The second kappa shape index (κ2) is 7.15. The van der Waals surface area contributed by atoms with E-state index in [1.54, 1.807) is 0 Å². The van der Waals surface area contributed by atoms with E-state index >= 15 is 0 Å². The second-order valence-electron chi connectivity index (χ2n) is 3.18. The molecule has 0 aromatic carbocycles. The van der Waals surface area contributed by atoms with Crippen LogP contribution in [0.25, 0.3) is 0 Å². The summed E-state index contributed by atoms with van der Waals surface area (Å²) in [4.78, 5) is 13.3. The van der Waals surface area contributed by atoms with Crippen molar-refractivity contribution >= 4 is 22.4 Å². The van der Waals surface area contributed by atoms with Gasteiger partial charge in [0.25, 0.3) is 5.91 Å². The van der Waals surface area contributed by atoms with E-state index in [2.05, 4.69) is 15.5 Å². The highest BCUT2D eigenvalue weighted by molar-refractivity contribution is 7.17. The molecule has 0 atom stereocenters. The molecule has 0 spiro atoms. The molecule has 1 amide bonds.